The van der Waals surface area contributed by atoms with Crippen molar-refractivity contribution in [2.75, 3.05) is 19.6 Å². The summed E-state index contributed by atoms with van der Waals surface area (Å²) in [4.78, 5) is 36.1. The van der Waals surface area contributed by atoms with E-state index in [1.165, 1.54) is 17.0 Å². The van der Waals surface area contributed by atoms with Crippen molar-refractivity contribution in [1.29, 1.82) is 0 Å². The summed E-state index contributed by atoms with van der Waals surface area (Å²) in [6.45, 7) is 0.101. The van der Waals surface area contributed by atoms with Crippen molar-refractivity contribution in [2.45, 2.75) is 19.2 Å². The van der Waals surface area contributed by atoms with Gasteiger partial charge in [-0.1, -0.05) is 12.1 Å². The molecule has 0 atom stereocenters. The van der Waals surface area contributed by atoms with Crippen LogP contribution in [0, 0.1) is 5.92 Å². The number of nitrogens with one attached hydrogen (secondary N) is 1. The van der Waals surface area contributed by atoms with Gasteiger partial charge in [-0.15, -0.1) is 13.2 Å². The summed E-state index contributed by atoms with van der Waals surface area (Å²) in [7, 11) is 0. The summed E-state index contributed by atoms with van der Waals surface area (Å²) in [5.41, 5.74) is -0.0206. The van der Waals surface area contributed by atoms with Crippen LogP contribution in [0.15, 0.2) is 24.3 Å². The average molecular weight is 374 g/mol. The Morgan fingerprint density at radius 3 is 2.46 bits per heavy atom. The number of alkyl halides is 3. The van der Waals surface area contributed by atoms with Gasteiger partial charge in [0.25, 0.3) is 0 Å². The molecule has 0 saturated carbocycles. The van der Waals surface area contributed by atoms with E-state index >= 15 is 0 Å². The van der Waals surface area contributed by atoms with Crippen LogP contribution in [0.2, 0.25) is 0 Å². The monoisotopic (exact) mass is 374 g/mol. The van der Waals surface area contributed by atoms with Gasteiger partial charge in [0.15, 0.2) is 5.78 Å². The zero-order valence-corrected chi connectivity index (χ0v) is 13.6. The third-order valence-electron chi connectivity index (χ3n) is 3.95. The summed E-state index contributed by atoms with van der Waals surface area (Å²) in [6, 6.07) is 4.59. The summed E-state index contributed by atoms with van der Waals surface area (Å²) in [6.07, 6.45) is -5.21. The Bertz CT molecular complexity index is 685. The Kier molecular flexibility index (Phi) is 6.06. The van der Waals surface area contributed by atoms with Crippen LogP contribution in [0.4, 0.5) is 18.0 Å². The highest BCUT2D eigenvalue weighted by atomic mass is 19.4. The first-order chi connectivity index (χ1) is 12.2. The Labute approximate surface area is 146 Å². The molecule has 1 aliphatic rings. The van der Waals surface area contributed by atoms with E-state index in [4.69, 9.17) is 5.11 Å². The maximum Gasteiger partial charge on any atom is 0.573 e. The van der Waals surface area contributed by atoms with Crippen LogP contribution in [0.3, 0.4) is 0 Å². The van der Waals surface area contributed by atoms with Crippen molar-refractivity contribution in [2.24, 2.45) is 5.92 Å². The smallest absolute Gasteiger partial charge is 0.465 e. The number of carbonyl (C=O) groups is 3. The minimum absolute atomic E-state index is 0.0206. The molecule has 2 N–H and O–H groups in total. The normalized spacial score (nSPS) is 15.4. The molecule has 10 heteroatoms. The summed E-state index contributed by atoms with van der Waals surface area (Å²) in [5, 5.41) is 11.3. The number of hydrogen-bond acceptors (Lipinski definition) is 4. The molecule has 0 unspecified atom stereocenters. The number of halogens is 3. The lowest BCUT2D eigenvalue weighted by Gasteiger charge is -2.29. The molecular formula is C16H17F3N2O5. The van der Waals surface area contributed by atoms with E-state index in [0.29, 0.717) is 12.8 Å². The zero-order chi connectivity index (χ0) is 19.3. The van der Waals surface area contributed by atoms with Gasteiger partial charge in [0.1, 0.15) is 5.75 Å². The van der Waals surface area contributed by atoms with Crippen LogP contribution < -0.4 is 10.1 Å². The molecule has 1 heterocycles. The molecule has 1 aliphatic heterocycles. The zero-order valence-electron chi connectivity index (χ0n) is 13.6. The highest BCUT2D eigenvalue weighted by molar-refractivity contribution is 5.99. The third-order valence-corrected chi connectivity index (χ3v) is 3.95. The number of likely N-dealkylation sites (tertiary alicyclic amines) is 1. The molecule has 142 valence electrons. The number of carbonyl (C=O) groups excluding carboxylic acids is 2. The van der Waals surface area contributed by atoms with Crippen LogP contribution >= 0.6 is 0 Å². The predicted octanol–water partition coefficient (Wildman–Crippen LogP) is 2.27. The van der Waals surface area contributed by atoms with Crippen LogP contribution in [0.1, 0.15) is 23.2 Å². The molecule has 2 rings (SSSR count). The Hall–Kier alpha value is -2.78. The maximum absolute atomic E-state index is 12.2. The number of ether oxygens (including phenoxy) is 1. The Balaban J connectivity index is 1.86. The number of benzene rings is 1. The first-order valence-corrected chi connectivity index (χ1v) is 7.80. The van der Waals surface area contributed by atoms with Gasteiger partial charge in [-0.25, -0.2) is 4.79 Å². The van der Waals surface area contributed by atoms with Gasteiger partial charge >= 0.3 is 12.5 Å². The molecule has 1 aromatic rings. The van der Waals surface area contributed by atoms with Gasteiger partial charge in [0.2, 0.25) is 5.91 Å². The minimum atomic E-state index is -4.86. The van der Waals surface area contributed by atoms with E-state index in [1.54, 1.807) is 0 Å². The molecular weight excluding hydrogens is 357 g/mol. The molecule has 0 aliphatic carbocycles. The first-order valence-electron chi connectivity index (χ1n) is 7.80. The Morgan fingerprint density at radius 1 is 1.23 bits per heavy atom. The average Bonchev–Trinajstić information content (AvgIpc) is 2.58. The lowest BCUT2D eigenvalue weighted by atomic mass is 9.96. The molecule has 1 aromatic carbocycles. The van der Waals surface area contributed by atoms with Gasteiger partial charge in [-0.3, -0.25) is 9.59 Å². The van der Waals surface area contributed by atoms with Gasteiger partial charge in [0, 0.05) is 24.6 Å². The topological polar surface area (TPSA) is 95.9 Å². The van der Waals surface area contributed by atoms with Crippen molar-refractivity contribution in [1.82, 2.24) is 10.2 Å². The van der Waals surface area contributed by atoms with Crippen molar-refractivity contribution < 1.29 is 37.4 Å². The largest absolute Gasteiger partial charge is 0.573 e. The molecule has 7 nitrogen and oxygen atoms in total. The second kappa shape index (κ2) is 8.07. The van der Waals surface area contributed by atoms with Gasteiger partial charge in [-0.05, 0) is 25.0 Å². The standard InChI is InChI=1S/C16H17F3N2O5/c17-16(18,19)26-12-3-1-2-11(8-12)13(22)9-20-14(23)10-4-6-21(7-5-10)15(24)25/h1-3,8,10H,4-7,9H2,(H,20,23)(H,24,25). The van der Waals surface area contributed by atoms with E-state index in [9.17, 15) is 27.6 Å². The van der Waals surface area contributed by atoms with E-state index in [1.807, 2.05) is 0 Å². The van der Waals surface area contributed by atoms with Crippen molar-refractivity contribution in [3.05, 3.63) is 29.8 Å². The van der Waals surface area contributed by atoms with Crippen molar-refractivity contribution in [3.8, 4) is 5.75 Å². The van der Waals surface area contributed by atoms with Gasteiger partial charge in [0.05, 0.1) is 6.54 Å². The number of piperidine rings is 1. The number of nitrogens with zero attached hydrogens (tertiary/aromatic N) is 1. The molecule has 0 bridgehead atoms. The molecule has 1 saturated heterocycles. The third kappa shape index (κ3) is 5.64. The van der Waals surface area contributed by atoms with E-state index in [0.717, 1.165) is 12.1 Å². The summed E-state index contributed by atoms with van der Waals surface area (Å²) in [5.74, 6) is -1.87. The number of hydrogen-bond donors (Lipinski definition) is 2. The lowest BCUT2D eigenvalue weighted by molar-refractivity contribution is -0.274. The SMILES string of the molecule is O=C(CNC(=O)C1CCN(C(=O)O)CC1)c1cccc(OC(F)(F)F)c1. The lowest BCUT2D eigenvalue weighted by Crippen LogP contribution is -2.43. The molecule has 26 heavy (non-hydrogen) atoms. The van der Waals surface area contributed by atoms with E-state index < -0.39 is 29.9 Å². The molecule has 0 spiro atoms. The summed E-state index contributed by atoms with van der Waals surface area (Å²) >= 11 is 0. The maximum atomic E-state index is 12.2. The number of ketones is 1. The fraction of sp³-hybridized carbons (Fsp3) is 0.438. The highest BCUT2D eigenvalue weighted by Crippen LogP contribution is 2.23. The number of amides is 2. The fourth-order valence-electron chi connectivity index (χ4n) is 2.61. The summed E-state index contributed by atoms with van der Waals surface area (Å²) < 4.78 is 40.4. The molecule has 2 amide bonds. The van der Waals surface area contributed by atoms with Crippen molar-refractivity contribution >= 4 is 17.8 Å². The quantitative estimate of drug-likeness (QED) is 0.771. The van der Waals surface area contributed by atoms with Crippen LogP contribution in [-0.4, -0.2) is 53.8 Å². The van der Waals surface area contributed by atoms with Crippen molar-refractivity contribution in [3.63, 3.8) is 0 Å². The molecule has 1 fully saturated rings. The Morgan fingerprint density at radius 2 is 1.88 bits per heavy atom. The number of carboxylic acid groups (broad SMARTS) is 1. The molecule has 0 aromatic heterocycles. The molecule has 0 radical (unpaired) electrons. The first kappa shape index (κ1) is 19.5. The minimum Gasteiger partial charge on any atom is -0.465 e. The highest BCUT2D eigenvalue weighted by Gasteiger charge is 2.31. The van der Waals surface area contributed by atoms with Crippen LogP contribution in [-0.2, 0) is 4.79 Å². The number of Topliss-reactive ketones (excluding diaryl/α,β-unsaturated/α-hetero) is 1. The van der Waals surface area contributed by atoms with Crippen LogP contribution in [0.5, 0.6) is 5.75 Å². The predicted molar refractivity (Wildman–Crippen MR) is 82.8 cm³/mol. The van der Waals surface area contributed by atoms with Gasteiger partial charge in [-0.2, -0.15) is 0 Å². The van der Waals surface area contributed by atoms with Crippen LogP contribution in [0.25, 0.3) is 0 Å². The van der Waals surface area contributed by atoms with Gasteiger partial charge < -0.3 is 20.1 Å². The fourth-order valence-corrected chi connectivity index (χ4v) is 2.61. The number of rotatable bonds is 5. The second-order valence-corrected chi connectivity index (χ2v) is 5.76. The van der Waals surface area contributed by atoms with E-state index in [-0.39, 0.29) is 31.1 Å². The van der Waals surface area contributed by atoms with E-state index in [2.05, 4.69) is 10.1 Å². The second-order valence-electron chi connectivity index (χ2n) is 5.76.